The predicted molar refractivity (Wildman–Crippen MR) is 64.7 cm³/mol. The molecule has 1 aromatic rings. The molecule has 2 nitrogen and oxygen atoms in total. The first kappa shape index (κ1) is 10.7. The minimum atomic E-state index is 0.359. The largest absolute Gasteiger partial charge is 0.371 e. The van der Waals surface area contributed by atoms with E-state index in [2.05, 4.69) is 22.0 Å². The standard InChI is InChI=1S/C12H17ClN2/c1-10-9-12(4-6-14-10)15-7-2-3-11(13)5-8-15/h4,6,9,11H,2-3,5,7-8H2,1H3. The van der Waals surface area contributed by atoms with Crippen LogP contribution >= 0.6 is 11.6 Å². The zero-order chi connectivity index (χ0) is 10.7. The summed E-state index contributed by atoms with van der Waals surface area (Å²) in [6.45, 7) is 4.22. The lowest BCUT2D eigenvalue weighted by molar-refractivity contribution is 0.735. The highest BCUT2D eigenvalue weighted by atomic mass is 35.5. The van der Waals surface area contributed by atoms with E-state index in [1.54, 1.807) is 0 Å². The van der Waals surface area contributed by atoms with Gasteiger partial charge in [-0.05, 0) is 38.3 Å². The van der Waals surface area contributed by atoms with Crippen LogP contribution in [0.5, 0.6) is 0 Å². The summed E-state index contributed by atoms with van der Waals surface area (Å²) in [4.78, 5) is 6.63. The van der Waals surface area contributed by atoms with Crippen LogP contribution in [0, 0.1) is 6.92 Å². The second kappa shape index (κ2) is 4.84. The summed E-state index contributed by atoms with van der Waals surface area (Å²) in [6, 6.07) is 4.23. The fourth-order valence-electron chi connectivity index (χ4n) is 2.04. The molecule has 1 atom stereocenters. The van der Waals surface area contributed by atoms with E-state index in [-0.39, 0.29) is 0 Å². The Hall–Kier alpha value is -0.760. The van der Waals surface area contributed by atoms with Crippen LogP contribution in [-0.2, 0) is 0 Å². The molecule has 0 N–H and O–H groups in total. The van der Waals surface area contributed by atoms with Gasteiger partial charge in [-0.2, -0.15) is 0 Å². The Balaban J connectivity index is 2.09. The molecule has 2 heterocycles. The first-order chi connectivity index (χ1) is 7.25. The second-order valence-electron chi connectivity index (χ2n) is 4.17. The first-order valence-electron chi connectivity index (χ1n) is 5.57. The van der Waals surface area contributed by atoms with E-state index in [0.717, 1.165) is 31.6 Å². The monoisotopic (exact) mass is 224 g/mol. The number of rotatable bonds is 1. The van der Waals surface area contributed by atoms with Crippen LogP contribution in [0.25, 0.3) is 0 Å². The maximum Gasteiger partial charge on any atom is 0.0399 e. The van der Waals surface area contributed by atoms with E-state index in [1.807, 2.05) is 13.1 Å². The Bertz CT molecular complexity index is 327. The number of aromatic nitrogens is 1. The van der Waals surface area contributed by atoms with Crippen LogP contribution < -0.4 is 4.90 Å². The van der Waals surface area contributed by atoms with Gasteiger partial charge in [0, 0.05) is 36.0 Å². The maximum absolute atomic E-state index is 6.17. The molecule has 1 fully saturated rings. The van der Waals surface area contributed by atoms with E-state index >= 15 is 0 Å². The number of aryl methyl sites for hydroxylation is 1. The van der Waals surface area contributed by atoms with Crippen LogP contribution in [0.15, 0.2) is 18.3 Å². The van der Waals surface area contributed by atoms with Crippen molar-refractivity contribution in [1.29, 1.82) is 0 Å². The lowest BCUT2D eigenvalue weighted by Gasteiger charge is -2.22. The molecule has 15 heavy (non-hydrogen) atoms. The van der Waals surface area contributed by atoms with Gasteiger partial charge in [-0.25, -0.2) is 0 Å². The molecule has 3 heteroatoms. The van der Waals surface area contributed by atoms with Crippen LogP contribution in [0.3, 0.4) is 0 Å². The predicted octanol–water partition coefficient (Wildman–Crippen LogP) is 2.99. The van der Waals surface area contributed by atoms with Gasteiger partial charge in [0.1, 0.15) is 0 Å². The fraction of sp³-hybridized carbons (Fsp3) is 0.583. The Morgan fingerprint density at radius 3 is 3.07 bits per heavy atom. The zero-order valence-electron chi connectivity index (χ0n) is 9.12. The van der Waals surface area contributed by atoms with Crippen molar-refractivity contribution in [2.45, 2.75) is 31.6 Å². The topological polar surface area (TPSA) is 16.1 Å². The summed E-state index contributed by atoms with van der Waals surface area (Å²) in [7, 11) is 0. The summed E-state index contributed by atoms with van der Waals surface area (Å²) >= 11 is 6.17. The van der Waals surface area contributed by atoms with Gasteiger partial charge in [0.25, 0.3) is 0 Å². The molecule has 2 rings (SSSR count). The molecule has 0 aromatic carbocycles. The van der Waals surface area contributed by atoms with Crippen LogP contribution in [-0.4, -0.2) is 23.5 Å². The van der Waals surface area contributed by atoms with Crippen molar-refractivity contribution in [3.05, 3.63) is 24.0 Å². The van der Waals surface area contributed by atoms with Crippen molar-refractivity contribution < 1.29 is 0 Å². The van der Waals surface area contributed by atoms with Crippen molar-refractivity contribution in [2.75, 3.05) is 18.0 Å². The number of nitrogens with zero attached hydrogens (tertiary/aromatic N) is 2. The number of hydrogen-bond donors (Lipinski definition) is 0. The molecule has 1 unspecified atom stereocenters. The molecule has 1 aliphatic heterocycles. The summed E-state index contributed by atoms with van der Waals surface area (Å²) in [6.07, 6.45) is 5.30. The van der Waals surface area contributed by atoms with E-state index < -0.39 is 0 Å². The fourth-order valence-corrected chi connectivity index (χ4v) is 2.29. The van der Waals surface area contributed by atoms with Gasteiger partial charge in [0.2, 0.25) is 0 Å². The van der Waals surface area contributed by atoms with Crippen molar-refractivity contribution in [2.24, 2.45) is 0 Å². The Labute approximate surface area is 96.3 Å². The third kappa shape index (κ3) is 2.85. The summed E-state index contributed by atoms with van der Waals surface area (Å²) in [5.41, 5.74) is 2.37. The van der Waals surface area contributed by atoms with E-state index in [1.165, 1.54) is 12.1 Å². The highest BCUT2D eigenvalue weighted by molar-refractivity contribution is 6.20. The van der Waals surface area contributed by atoms with Gasteiger partial charge < -0.3 is 4.90 Å². The molecule has 1 saturated heterocycles. The van der Waals surface area contributed by atoms with Crippen LogP contribution in [0.1, 0.15) is 25.0 Å². The number of hydrogen-bond acceptors (Lipinski definition) is 2. The minimum absolute atomic E-state index is 0.359. The molecule has 0 aliphatic carbocycles. The van der Waals surface area contributed by atoms with Crippen LogP contribution in [0.4, 0.5) is 5.69 Å². The van der Waals surface area contributed by atoms with E-state index in [9.17, 15) is 0 Å². The molecule has 0 spiro atoms. The molecule has 0 amide bonds. The molecular weight excluding hydrogens is 208 g/mol. The average Bonchev–Trinajstić information content (AvgIpc) is 2.43. The van der Waals surface area contributed by atoms with Gasteiger partial charge in [-0.15, -0.1) is 11.6 Å². The summed E-state index contributed by atoms with van der Waals surface area (Å²) < 4.78 is 0. The zero-order valence-corrected chi connectivity index (χ0v) is 9.87. The van der Waals surface area contributed by atoms with Gasteiger partial charge >= 0.3 is 0 Å². The number of pyridine rings is 1. The summed E-state index contributed by atoms with van der Waals surface area (Å²) in [5, 5.41) is 0.359. The van der Waals surface area contributed by atoms with Crippen molar-refractivity contribution in [1.82, 2.24) is 4.98 Å². The lowest BCUT2D eigenvalue weighted by Crippen LogP contribution is -2.24. The van der Waals surface area contributed by atoms with E-state index in [0.29, 0.717) is 5.38 Å². The smallest absolute Gasteiger partial charge is 0.0399 e. The maximum atomic E-state index is 6.17. The Morgan fingerprint density at radius 1 is 1.40 bits per heavy atom. The lowest BCUT2D eigenvalue weighted by atomic mass is 10.2. The van der Waals surface area contributed by atoms with Gasteiger partial charge in [0.15, 0.2) is 0 Å². The highest BCUT2D eigenvalue weighted by Gasteiger charge is 2.15. The summed E-state index contributed by atoms with van der Waals surface area (Å²) in [5.74, 6) is 0. The average molecular weight is 225 g/mol. The number of anilines is 1. The first-order valence-corrected chi connectivity index (χ1v) is 6.01. The second-order valence-corrected chi connectivity index (χ2v) is 4.79. The number of alkyl halides is 1. The van der Waals surface area contributed by atoms with Gasteiger partial charge in [-0.1, -0.05) is 0 Å². The molecule has 0 saturated carbocycles. The van der Waals surface area contributed by atoms with E-state index in [4.69, 9.17) is 11.6 Å². The quantitative estimate of drug-likeness (QED) is 0.682. The Kier molecular flexibility index (Phi) is 3.47. The molecule has 1 aromatic heterocycles. The van der Waals surface area contributed by atoms with Crippen molar-refractivity contribution >= 4 is 17.3 Å². The van der Waals surface area contributed by atoms with Gasteiger partial charge in [-0.3, -0.25) is 4.98 Å². The Morgan fingerprint density at radius 2 is 2.27 bits per heavy atom. The molecule has 1 aliphatic rings. The van der Waals surface area contributed by atoms with Crippen molar-refractivity contribution in [3.63, 3.8) is 0 Å². The molecular formula is C12H17ClN2. The third-order valence-corrected chi connectivity index (χ3v) is 3.34. The third-order valence-electron chi connectivity index (χ3n) is 2.90. The van der Waals surface area contributed by atoms with Gasteiger partial charge in [0.05, 0.1) is 0 Å². The SMILES string of the molecule is Cc1cc(N2CCCC(Cl)CC2)ccn1. The van der Waals surface area contributed by atoms with Crippen LogP contribution in [0.2, 0.25) is 0 Å². The minimum Gasteiger partial charge on any atom is -0.371 e. The molecule has 0 radical (unpaired) electrons. The normalized spacial score (nSPS) is 22.5. The van der Waals surface area contributed by atoms with Crippen molar-refractivity contribution in [3.8, 4) is 0 Å². The highest BCUT2D eigenvalue weighted by Crippen LogP contribution is 2.21. The number of halogens is 1. The molecule has 82 valence electrons. The molecule has 0 bridgehead atoms.